The summed E-state index contributed by atoms with van der Waals surface area (Å²) in [4.78, 5) is 19.1. The second-order valence-corrected chi connectivity index (χ2v) is 8.09. The summed E-state index contributed by atoms with van der Waals surface area (Å²) in [6.45, 7) is 3.23. The third kappa shape index (κ3) is 12.4. The molecule has 8 nitrogen and oxygen atoms in total. The fourth-order valence-electron chi connectivity index (χ4n) is 3.52. The summed E-state index contributed by atoms with van der Waals surface area (Å²) in [5.74, 6) is 0.483. The van der Waals surface area contributed by atoms with Crippen molar-refractivity contribution in [2.75, 3.05) is 12.3 Å². The first-order valence-electron chi connectivity index (χ1n) is 11.6. The Morgan fingerprint density at radius 2 is 1.71 bits per heavy atom. The fourth-order valence-corrected chi connectivity index (χ4v) is 3.52. The number of nitrogen functional groups attached to an aromatic ring is 1. The van der Waals surface area contributed by atoms with Crippen LogP contribution in [0.15, 0.2) is 12.4 Å². The zero-order valence-corrected chi connectivity index (χ0v) is 19.8. The summed E-state index contributed by atoms with van der Waals surface area (Å²) < 4.78 is 1.63. The van der Waals surface area contributed by atoms with Gasteiger partial charge in [-0.05, 0) is 32.1 Å². The molecule has 0 aromatic carbocycles. The number of nitrogens with zero attached hydrogens (tertiary/aromatic N) is 4. The minimum Gasteiger partial charge on any atom is -0.369 e. The number of aryl methyl sites for hydroxylation is 2. The highest BCUT2D eigenvalue weighted by molar-refractivity contribution is 5.85. The number of aromatic amines is 1. The molecule has 0 unspecified atom stereocenters. The normalized spacial score (nSPS) is 10.7. The van der Waals surface area contributed by atoms with E-state index in [9.17, 15) is 4.79 Å². The number of unbranched alkanes of at least 4 members (excludes halogenated alkanes) is 9. The molecule has 0 aliphatic heterocycles. The van der Waals surface area contributed by atoms with E-state index in [-0.39, 0.29) is 24.9 Å². The van der Waals surface area contributed by atoms with Crippen molar-refractivity contribution in [3.8, 4) is 0 Å². The van der Waals surface area contributed by atoms with E-state index < -0.39 is 0 Å². The van der Waals surface area contributed by atoms with E-state index in [1.54, 1.807) is 10.9 Å². The van der Waals surface area contributed by atoms with Gasteiger partial charge in [0.25, 0.3) is 0 Å². The van der Waals surface area contributed by atoms with Crippen molar-refractivity contribution in [3.05, 3.63) is 23.8 Å². The van der Waals surface area contributed by atoms with Gasteiger partial charge in [0.15, 0.2) is 5.95 Å². The van der Waals surface area contributed by atoms with E-state index in [0.29, 0.717) is 5.95 Å². The molecule has 0 fully saturated rings. The quantitative estimate of drug-likeness (QED) is 0.310. The van der Waals surface area contributed by atoms with Crippen molar-refractivity contribution in [1.82, 2.24) is 30.3 Å². The minimum atomic E-state index is 0. The van der Waals surface area contributed by atoms with Crippen molar-refractivity contribution in [2.45, 2.75) is 96.9 Å². The summed E-state index contributed by atoms with van der Waals surface area (Å²) in [5.41, 5.74) is 7.60. The molecule has 9 heteroatoms. The molecule has 2 aromatic rings. The van der Waals surface area contributed by atoms with Crippen molar-refractivity contribution in [2.24, 2.45) is 0 Å². The van der Waals surface area contributed by atoms with Crippen molar-refractivity contribution >= 4 is 24.3 Å². The molecule has 4 N–H and O–H groups in total. The summed E-state index contributed by atoms with van der Waals surface area (Å²) >= 11 is 0. The standard InChI is InChI=1S/C22H39N7O.ClH/c1-2-3-4-5-6-7-8-12-15-24-21(30)18-29-17-20(27-28-29)14-11-9-10-13-19-16-25-22(23)26-19;/h16-17H,2-15,18H2,1H3,(H,24,30)(H3,23,25,26);1H. The zero-order valence-electron chi connectivity index (χ0n) is 18.9. The average molecular weight is 454 g/mol. The molecule has 0 spiro atoms. The summed E-state index contributed by atoms with van der Waals surface area (Å²) in [5, 5.41) is 11.2. The van der Waals surface area contributed by atoms with Gasteiger partial charge in [-0.25, -0.2) is 9.67 Å². The van der Waals surface area contributed by atoms with Gasteiger partial charge in [-0.3, -0.25) is 4.79 Å². The Balaban J connectivity index is 0.00000480. The first kappa shape index (κ1) is 26.9. The Labute approximate surface area is 192 Å². The van der Waals surface area contributed by atoms with Crippen LogP contribution >= 0.6 is 12.4 Å². The molecule has 0 aliphatic rings. The topological polar surface area (TPSA) is 115 Å². The number of imidazole rings is 1. The maximum atomic E-state index is 12.0. The molecular formula is C22H40ClN7O. The van der Waals surface area contributed by atoms with E-state index in [1.165, 1.54) is 44.9 Å². The maximum absolute atomic E-state index is 12.0. The van der Waals surface area contributed by atoms with Crippen LogP contribution in [-0.2, 0) is 24.2 Å². The SMILES string of the molecule is CCCCCCCCCCNC(=O)Cn1cc(CCCCCc2cnc(N)[nH]2)nn1.Cl. The molecule has 2 heterocycles. The number of hydrogen-bond acceptors (Lipinski definition) is 5. The van der Waals surface area contributed by atoms with Crippen LogP contribution in [0.5, 0.6) is 0 Å². The first-order valence-corrected chi connectivity index (χ1v) is 11.6. The number of carbonyl (C=O) groups excluding carboxylic acids is 1. The Morgan fingerprint density at radius 1 is 1.03 bits per heavy atom. The highest BCUT2D eigenvalue weighted by atomic mass is 35.5. The molecule has 0 atom stereocenters. The van der Waals surface area contributed by atoms with Crippen LogP contribution in [0.3, 0.4) is 0 Å². The smallest absolute Gasteiger partial charge is 0.241 e. The maximum Gasteiger partial charge on any atom is 0.241 e. The third-order valence-corrected chi connectivity index (χ3v) is 5.27. The molecular weight excluding hydrogens is 414 g/mol. The Bertz CT molecular complexity index is 716. The second-order valence-electron chi connectivity index (χ2n) is 8.09. The zero-order chi connectivity index (χ0) is 21.4. The van der Waals surface area contributed by atoms with Crippen LogP contribution in [0.2, 0.25) is 0 Å². The molecule has 2 rings (SSSR count). The third-order valence-electron chi connectivity index (χ3n) is 5.27. The van der Waals surface area contributed by atoms with E-state index in [0.717, 1.165) is 56.5 Å². The van der Waals surface area contributed by atoms with E-state index in [4.69, 9.17) is 5.73 Å². The van der Waals surface area contributed by atoms with Crippen LogP contribution in [0.25, 0.3) is 0 Å². The molecule has 0 aliphatic carbocycles. The van der Waals surface area contributed by atoms with Gasteiger partial charge in [-0.2, -0.15) is 0 Å². The monoisotopic (exact) mass is 453 g/mol. The highest BCUT2D eigenvalue weighted by Crippen LogP contribution is 2.09. The lowest BCUT2D eigenvalue weighted by molar-refractivity contribution is -0.121. The summed E-state index contributed by atoms with van der Waals surface area (Å²) in [6, 6.07) is 0. The van der Waals surface area contributed by atoms with Gasteiger partial charge in [0.1, 0.15) is 6.54 Å². The molecule has 0 saturated heterocycles. The van der Waals surface area contributed by atoms with Gasteiger partial charge in [-0.1, -0.05) is 63.5 Å². The fraction of sp³-hybridized carbons (Fsp3) is 0.727. The predicted molar refractivity (Wildman–Crippen MR) is 127 cm³/mol. The molecule has 0 bridgehead atoms. The Morgan fingerprint density at radius 3 is 2.42 bits per heavy atom. The molecule has 0 radical (unpaired) electrons. The van der Waals surface area contributed by atoms with Gasteiger partial charge in [-0.15, -0.1) is 17.5 Å². The summed E-state index contributed by atoms with van der Waals surface area (Å²) in [7, 11) is 0. The van der Waals surface area contributed by atoms with Crippen molar-refractivity contribution in [1.29, 1.82) is 0 Å². The largest absolute Gasteiger partial charge is 0.369 e. The molecule has 176 valence electrons. The minimum absolute atomic E-state index is 0. The lowest BCUT2D eigenvalue weighted by atomic mass is 10.1. The van der Waals surface area contributed by atoms with Crippen molar-refractivity contribution in [3.63, 3.8) is 0 Å². The van der Waals surface area contributed by atoms with Gasteiger partial charge < -0.3 is 16.0 Å². The number of aromatic nitrogens is 5. The number of rotatable bonds is 17. The predicted octanol–water partition coefficient (Wildman–Crippen LogP) is 4.22. The van der Waals surface area contributed by atoms with Crippen LogP contribution in [-0.4, -0.2) is 37.4 Å². The van der Waals surface area contributed by atoms with Gasteiger partial charge >= 0.3 is 0 Å². The van der Waals surface area contributed by atoms with E-state index in [1.807, 2.05) is 6.20 Å². The Kier molecular flexibility index (Phi) is 14.4. The number of hydrogen-bond donors (Lipinski definition) is 3. The van der Waals surface area contributed by atoms with Crippen LogP contribution in [0.1, 0.15) is 88.9 Å². The molecule has 2 aromatic heterocycles. The highest BCUT2D eigenvalue weighted by Gasteiger charge is 2.06. The van der Waals surface area contributed by atoms with Crippen LogP contribution in [0, 0.1) is 0 Å². The number of nitrogens with two attached hydrogens (primary N) is 1. The summed E-state index contributed by atoms with van der Waals surface area (Å²) in [6.07, 6.45) is 18.9. The second kappa shape index (κ2) is 16.6. The lowest BCUT2D eigenvalue weighted by Crippen LogP contribution is -2.28. The van der Waals surface area contributed by atoms with Crippen LogP contribution in [0.4, 0.5) is 5.95 Å². The molecule has 31 heavy (non-hydrogen) atoms. The number of carbonyl (C=O) groups is 1. The number of amides is 1. The first-order chi connectivity index (χ1) is 14.7. The average Bonchev–Trinajstić information content (AvgIpc) is 3.35. The molecule has 1 amide bonds. The van der Waals surface area contributed by atoms with Crippen molar-refractivity contribution < 1.29 is 4.79 Å². The number of anilines is 1. The molecule has 0 saturated carbocycles. The number of halogens is 1. The van der Waals surface area contributed by atoms with Gasteiger partial charge in [0.05, 0.1) is 11.9 Å². The van der Waals surface area contributed by atoms with E-state index in [2.05, 4.69) is 32.5 Å². The Hall–Kier alpha value is -2.09. The van der Waals surface area contributed by atoms with Gasteiger partial charge in [0, 0.05) is 18.4 Å². The van der Waals surface area contributed by atoms with Crippen LogP contribution < -0.4 is 11.1 Å². The van der Waals surface area contributed by atoms with Gasteiger partial charge in [0.2, 0.25) is 5.91 Å². The lowest BCUT2D eigenvalue weighted by Gasteiger charge is -2.05. The number of nitrogens with one attached hydrogen (secondary N) is 2. The van der Waals surface area contributed by atoms with E-state index >= 15 is 0 Å². The number of H-pyrrole nitrogens is 1.